The fourth-order valence-electron chi connectivity index (χ4n) is 3.40. The zero-order valence-electron chi connectivity index (χ0n) is 18.2. The highest BCUT2D eigenvalue weighted by Crippen LogP contribution is 2.30. The molecule has 0 N–H and O–H groups in total. The van der Waals surface area contributed by atoms with Crippen molar-refractivity contribution in [2.75, 3.05) is 20.8 Å². The van der Waals surface area contributed by atoms with Crippen molar-refractivity contribution >= 4 is 5.97 Å². The Morgan fingerprint density at radius 2 is 1.38 bits per heavy atom. The average molecular weight is 428 g/mol. The maximum atomic E-state index is 12.0. The second kappa shape index (κ2) is 9.39. The molecule has 0 atom stereocenters. The van der Waals surface area contributed by atoms with Crippen LogP contribution in [0.2, 0.25) is 0 Å². The average Bonchev–Trinajstić information content (AvgIpc) is 3.30. The van der Waals surface area contributed by atoms with Gasteiger partial charge in [0.25, 0.3) is 0 Å². The first-order chi connectivity index (χ1) is 15.6. The summed E-state index contributed by atoms with van der Waals surface area (Å²) < 4.78 is 17.5. The van der Waals surface area contributed by atoms with Gasteiger partial charge in [-0.05, 0) is 85.8 Å². The van der Waals surface area contributed by atoms with Crippen LogP contribution in [-0.4, -0.2) is 36.6 Å². The predicted octanol–water partition coefficient (Wildman–Crippen LogP) is 5.40. The summed E-state index contributed by atoms with van der Waals surface area (Å²) in [5, 5.41) is 4.86. The van der Waals surface area contributed by atoms with E-state index in [9.17, 15) is 4.79 Å². The number of hydrogen-bond donors (Lipinski definition) is 0. The highest BCUT2D eigenvalue weighted by atomic mass is 16.5. The molecule has 32 heavy (non-hydrogen) atoms. The van der Waals surface area contributed by atoms with Gasteiger partial charge in [-0.1, -0.05) is 0 Å². The number of carbonyl (C=O) groups excluding carboxylic acids is 1. The van der Waals surface area contributed by atoms with E-state index in [0.29, 0.717) is 12.2 Å². The minimum atomic E-state index is -0.339. The lowest BCUT2D eigenvalue weighted by Crippen LogP contribution is -2.05. The molecule has 0 saturated carbocycles. The Morgan fingerprint density at radius 1 is 0.812 bits per heavy atom. The Bertz CT molecular complexity index is 1190. The molecule has 1 aromatic heterocycles. The van der Waals surface area contributed by atoms with E-state index in [0.717, 1.165) is 39.7 Å². The van der Waals surface area contributed by atoms with Gasteiger partial charge in [0.15, 0.2) is 0 Å². The lowest BCUT2D eigenvalue weighted by molar-refractivity contribution is 0.0526. The van der Waals surface area contributed by atoms with Crippen LogP contribution in [-0.2, 0) is 4.74 Å². The van der Waals surface area contributed by atoms with Crippen LogP contribution >= 0.6 is 0 Å². The Hall–Kier alpha value is -4.06. The Kier molecular flexibility index (Phi) is 6.22. The van der Waals surface area contributed by atoms with E-state index >= 15 is 0 Å². The number of aromatic nitrogens is 2. The van der Waals surface area contributed by atoms with E-state index in [1.807, 2.05) is 71.4 Å². The molecule has 0 bridgehead atoms. The smallest absolute Gasteiger partial charge is 0.338 e. The molecule has 0 aliphatic carbocycles. The number of ether oxygens (including phenoxy) is 3. The van der Waals surface area contributed by atoms with Gasteiger partial charge >= 0.3 is 5.97 Å². The van der Waals surface area contributed by atoms with Crippen LogP contribution in [0, 0.1) is 0 Å². The summed E-state index contributed by atoms with van der Waals surface area (Å²) in [5.41, 5.74) is 5.05. The molecule has 0 radical (unpaired) electrons. The van der Waals surface area contributed by atoms with Crippen molar-refractivity contribution in [1.29, 1.82) is 0 Å². The number of benzene rings is 3. The van der Waals surface area contributed by atoms with Gasteiger partial charge < -0.3 is 14.2 Å². The zero-order chi connectivity index (χ0) is 22.5. The first-order valence-electron chi connectivity index (χ1n) is 10.3. The highest BCUT2D eigenvalue weighted by Gasteiger charge is 2.15. The Labute approximate surface area is 187 Å². The number of carbonyl (C=O) groups is 1. The fourth-order valence-corrected chi connectivity index (χ4v) is 3.40. The summed E-state index contributed by atoms with van der Waals surface area (Å²) in [5.74, 6) is 1.24. The van der Waals surface area contributed by atoms with Crippen LogP contribution in [0.15, 0.2) is 78.9 Å². The third-order valence-corrected chi connectivity index (χ3v) is 5.10. The first-order valence-corrected chi connectivity index (χ1v) is 10.3. The molecule has 1 heterocycles. The van der Waals surface area contributed by atoms with Gasteiger partial charge in [-0.3, -0.25) is 0 Å². The van der Waals surface area contributed by atoms with Gasteiger partial charge in [0.1, 0.15) is 11.5 Å². The number of esters is 1. The van der Waals surface area contributed by atoms with E-state index in [1.165, 1.54) is 0 Å². The molecule has 0 spiro atoms. The van der Waals surface area contributed by atoms with Crippen molar-refractivity contribution < 1.29 is 19.0 Å². The summed E-state index contributed by atoms with van der Waals surface area (Å²) in [6.45, 7) is 2.13. The van der Waals surface area contributed by atoms with Gasteiger partial charge in [-0.15, -0.1) is 0 Å². The topological polar surface area (TPSA) is 62.6 Å². The molecule has 0 saturated heterocycles. The second-order valence-corrected chi connectivity index (χ2v) is 7.05. The SMILES string of the molecule is CCOC(=O)c1ccc(-n2nc(-c3ccc(OC)cc3)cc2-c2ccc(OC)cc2)cc1. The molecule has 162 valence electrons. The van der Waals surface area contributed by atoms with Gasteiger partial charge in [-0.2, -0.15) is 5.10 Å². The summed E-state index contributed by atoms with van der Waals surface area (Å²) in [4.78, 5) is 12.0. The molecule has 4 aromatic rings. The minimum absolute atomic E-state index is 0.339. The van der Waals surface area contributed by atoms with E-state index < -0.39 is 0 Å². The number of rotatable bonds is 7. The van der Waals surface area contributed by atoms with Crippen molar-refractivity contribution in [1.82, 2.24) is 9.78 Å². The van der Waals surface area contributed by atoms with Crippen LogP contribution < -0.4 is 9.47 Å². The van der Waals surface area contributed by atoms with Crippen LogP contribution in [0.3, 0.4) is 0 Å². The van der Waals surface area contributed by atoms with E-state index in [4.69, 9.17) is 19.3 Å². The number of methoxy groups -OCH3 is 2. The van der Waals surface area contributed by atoms with Crippen molar-refractivity contribution in [2.45, 2.75) is 6.92 Å². The molecule has 6 heteroatoms. The normalized spacial score (nSPS) is 10.6. The molecule has 4 rings (SSSR count). The van der Waals surface area contributed by atoms with Crippen molar-refractivity contribution in [2.24, 2.45) is 0 Å². The van der Waals surface area contributed by atoms with Crippen LogP contribution in [0.4, 0.5) is 0 Å². The molecular formula is C26H24N2O4. The van der Waals surface area contributed by atoms with Crippen LogP contribution in [0.25, 0.3) is 28.2 Å². The van der Waals surface area contributed by atoms with E-state index in [-0.39, 0.29) is 5.97 Å². The fraction of sp³-hybridized carbons (Fsp3) is 0.154. The van der Waals surface area contributed by atoms with Gasteiger partial charge in [0.05, 0.1) is 43.5 Å². The van der Waals surface area contributed by atoms with Crippen LogP contribution in [0.1, 0.15) is 17.3 Å². The van der Waals surface area contributed by atoms with Gasteiger partial charge in [0.2, 0.25) is 0 Å². The highest BCUT2D eigenvalue weighted by molar-refractivity contribution is 5.89. The molecule has 0 aliphatic rings. The number of hydrogen-bond acceptors (Lipinski definition) is 5. The number of nitrogens with zero attached hydrogens (tertiary/aromatic N) is 2. The standard InChI is InChI=1S/C26H24N2O4/c1-4-32-26(29)20-5-11-21(12-6-20)28-25(19-9-15-23(31-3)16-10-19)17-24(27-28)18-7-13-22(30-2)14-8-18/h5-17H,4H2,1-3H3. The quantitative estimate of drug-likeness (QED) is 0.369. The Morgan fingerprint density at radius 3 is 1.91 bits per heavy atom. The van der Waals surface area contributed by atoms with Gasteiger partial charge in [-0.25, -0.2) is 9.48 Å². The first kappa shape index (κ1) is 21.2. The predicted molar refractivity (Wildman–Crippen MR) is 123 cm³/mol. The summed E-state index contributed by atoms with van der Waals surface area (Å²) in [7, 11) is 3.29. The zero-order valence-corrected chi connectivity index (χ0v) is 18.2. The minimum Gasteiger partial charge on any atom is -0.497 e. The largest absolute Gasteiger partial charge is 0.497 e. The third kappa shape index (κ3) is 4.34. The summed E-state index contributed by atoms with van der Waals surface area (Å²) in [6.07, 6.45) is 0. The van der Waals surface area contributed by atoms with Crippen molar-refractivity contribution in [3.05, 3.63) is 84.4 Å². The molecular weight excluding hydrogens is 404 g/mol. The molecule has 6 nitrogen and oxygen atoms in total. The molecule has 0 aliphatic heterocycles. The second-order valence-electron chi connectivity index (χ2n) is 7.05. The van der Waals surface area contributed by atoms with Gasteiger partial charge in [0, 0.05) is 11.1 Å². The lowest BCUT2D eigenvalue weighted by atomic mass is 10.1. The Balaban J connectivity index is 1.78. The molecule has 0 fully saturated rings. The monoisotopic (exact) mass is 428 g/mol. The molecule has 0 amide bonds. The van der Waals surface area contributed by atoms with E-state index in [2.05, 4.69) is 0 Å². The molecule has 0 unspecified atom stereocenters. The van der Waals surface area contributed by atoms with Crippen molar-refractivity contribution in [3.63, 3.8) is 0 Å². The van der Waals surface area contributed by atoms with E-state index in [1.54, 1.807) is 33.3 Å². The van der Waals surface area contributed by atoms with Crippen molar-refractivity contribution in [3.8, 4) is 39.7 Å². The maximum Gasteiger partial charge on any atom is 0.338 e. The summed E-state index contributed by atoms with van der Waals surface area (Å²) in [6, 6.07) is 24.9. The molecule has 3 aromatic carbocycles. The maximum absolute atomic E-state index is 12.0. The summed E-state index contributed by atoms with van der Waals surface area (Å²) >= 11 is 0. The van der Waals surface area contributed by atoms with Crippen LogP contribution in [0.5, 0.6) is 11.5 Å². The lowest BCUT2D eigenvalue weighted by Gasteiger charge is -2.09. The third-order valence-electron chi connectivity index (χ3n) is 5.10.